The predicted octanol–water partition coefficient (Wildman–Crippen LogP) is -0.0922. The number of carbonyl (C=O) groups is 2. The third-order valence-electron chi connectivity index (χ3n) is 5.68. The number of para-hydroxylation sites is 1. The van der Waals surface area contributed by atoms with Crippen molar-refractivity contribution < 1.29 is 24.2 Å². The molecule has 4 atom stereocenters. The molecule has 8 heteroatoms. The Kier molecular flexibility index (Phi) is 5.79. The Morgan fingerprint density at radius 1 is 1.11 bits per heavy atom. The summed E-state index contributed by atoms with van der Waals surface area (Å²) in [6, 6.07) is 6.54. The van der Waals surface area contributed by atoms with Crippen molar-refractivity contribution in [1.29, 1.82) is 0 Å². The van der Waals surface area contributed by atoms with Gasteiger partial charge in [-0.15, -0.1) is 0 Å². The van der Waals surface area contributed by atoms with Gasteiger partial charge in [0.2, 0.25) is 5.91 Å². The van der Waals surface area contributed by atoms with Gasteiger partial charge in [0.15, 0.2) is 0 Å². The average Bonchev–Trinajstić information content (AvgIpc) is 2.73. The summed E-state index contributed by atoms with van der Waals surface area (Å²) >= 11 is 0. The second-order valence-electron chi connectivity index (χ2n) is 7.54. The molecule has 4 rings (SSSR count). The molecule has 2 fully saturated rings. The van der Waals surface area contributed by atoms with Gasteiger partial charge in [-0.25, -0.2) is 0 Å². The molecule has 0 saturated carbocycles. The Balaban J connectivity index is 1.63. The summed E-state index contributed by atoms with van der Waals surface area (Å²) in [6.07, 6.45) is 0.958. The van der Waals surface area contributed by atoms with Crippen LogP contribution in [0.5, 0.6) is 5.75 Å². The van der Waals surface area contributed by atoms with Crippen molar-refractivity contribution in [1.82, 2.24) is 15.5 Å². The molecule has 0 aliphatic carbocycles. The zero-order valence-corrected chi connectivity index (χ0v) is 15.8. The van der Waals surface area contributed by atoms with Gasteiger partial charge >= 0.3 is 0 Å². The minimum Gasteiger partial charge on any atom is -0.493 e. The monoisotopic (exact) mass is 389 g/mol. The maximum atomic E-state index is 13.2. The highest BCUT2D eigenvalue weighted by atomic mass is 16.5. The fourth-order valence-corrected chi connectivity index (χ4v) is 4.07. The van der Waals surface area contributed by atoms with Crippen molar-refractivity contribution in [3.05, 3.63) is 29.8 Å². The van der Waals surface area contributed by atoms with E-state index in [1.165, 1.54) is 0 Å². The van der Waals surface area contributed by atoms with E-state index < -0.39 is 18.2 Å². The van der Waals surface area contributed by atoms with Crippen LogP contribution >= 0.6 is 0 Å². The van der Waals surface area contributed by atoms with Gasteiger partial charge in [0, 0.05) is 32.6 Å². The minimum atomic E-state index is -0.617. The summed E-state index contributed by atoms with van der Waals surface area (Å²) < 4.78 is 11.9. The summed E-state index contributed by atoms with van der Waals surface area (Å²) in [5.41, 5.74) is 0.470. The molecule has 3 aliphatic heterocycles. The summed E-state index contributed by atoms with van der Waals surface area (Å²) in [5, 5.41) is 16.3. The maximum Gasteiger partial charge on any atom is 0.258 e. The fraction of sp³-hybridized carbons (Fsp3) is 0.600. The third-order valence-corrected chi connectivity index (χ3v) is 5.68. The van der Waals surface area contributed by atoms with E-state index in [1.807, 2.05) is 6.07 Å². The molecule has 2 bridgehead atoms. The third kappa shape index (κ3) is 3.99. The van der Waals surface area contributed by atoms with Gasteiger partial charge in [-0.05, 0) is 25.0 Å². The lowest BCUT2D eigenvalue weighted by Gasteiger charge is -2.37. The topological polar surface area (TPSA) is 100 Å². The molecule has 2 amide bonds. The molecule has 1 aromatic carbocycles. The maximum absolute atomic E-state index is 13.2. The molecular formula is C20H27N3O5. The molecular weight excluding hydrogens is 362 g/mol. The van der Waals surface area contributed by atoms with E-state index in [-0.39, 0.29) is 24.5 Å². The minimum absolute atomic E-state index is 0.0380. The number of nitrogens with zero attached hydrogens (tertiary/aromatic N) is 1. The molecule has 3 N–H and O–H groups in total. The van der Waals surface area contributed by atoms with Gasteiger partial charge < -0.3 is 30.1 Å². The summed E-state index contributed by atoms with van der Waals surface area (Å²) in [6.45, 7) is 2.11. The van der Waals surface area contributed by atoms with Gasteiger partial charge in [0.05, 0.1) is 24.4 Å². The Morgan fingerprint density at radius 3 is 2.86 bits per heavy atom. The lowest BCUT2D eigenvalue weighted by Crippen LogP contribution is -2.60. The van der Waals surface area contributed by atoms with Crippen LogP contribution in [-0.2, 0) is 9.53 Å². The highest BCUT2D eigenvalue weighted by Gasteiger charge is 2.36. The van der Waals surface area contributed by atoms with Crippen LogP contribution < -0.4 is 15.4 Å². The lowest BCUT2D eigenvalue weighted by atomic mass is 9.99. The van der Waals surface area contributed by atoms with Crippen LogP contribution in [-0.4, -0.2) is 79.0 Å². The van der Waals surface area contributed by atoms with E-state index in [9.17, 15) is 14.7 Å². The van der Waals surface area contributed by atoms with Gasteiger partial charge in [0.1, 0.15) is 17.9 Å². The Morgan fingerprint density at radius 2 is 1.96 bits per heavy atom. The summed E-state index contributed by atoms with van der Waals surface area (Å²) in [5.74, 6) is 0.0781. The van der Waals surface area contributed by atoms with Gasteiger partial charge in [-0.1, -0.05) is 12.1 Å². The van der Waals surface area contributed by atoms with Gasteiger partial charge in [-0.2, -0.15) is 0 Å². The molecule has 3 heterocycles. The molecule has 0 spiro atoms. The summed E-state index contributed by atoms with van der Waals surface area (Å²) in [7, 11) is 0. The average molecular weight is 389 g/mol. The van der Waals surface area contributed by atoms with E-state index in [0.717, 1.165) is 6.42 Å². The normalized spacial score (nSPS) is 31.7. The van der Waals surface area contributed by atoms with E-state index in [0.29, 0.717) is 50.4 Å². The molecule has 0 aromatic heterocycles. The zero-order valence-electron chi connectivity index (χ0n) is 15.8. The van der Waals surface area contributed by atoms with Gasteiger partial charge in [0.25, 0.3) is 5.91 Å². The molecule has 152 valence electrons. The molecule has 1 aromatic rings. The summed E-state index contributed by atoms with van der Waals surface area (Å²) in [4.78, 5) is 27.6. The second-order valence-corrected chi connectivity index (χ2v) is 7.54. The van der Waals surface area contributed by atoms with Crippen LogP contribution in [0.1, 0.15) is 29.6 Å². The predicted molar refractivity (Wildman–Crippen MR) is 101 cm³/mol. The largest absolute Gasteiger partial charge is 0.493 e. The van der Waals surface area contributed by atoms with E-state index in [1.54, 1.807) is 23.1 Å². The fourth-order valence-electron chi connectivity index (χ4n) is 4.07. The molecule has 0 unspecified atom stereocenters. The van der Waals surface area contributed by atoms with Crippen molar-refractivity contribution in [3.8, 4) is 5.75 Å². The number of aliphatic hydroxyl groups is 1. The number of ether oxygens (including phenoxy) is 2. The first kappa shape index (κ1) is 19.2. The van der Waals surface area contributed by atoms with Crippen molar-refractivity contribution in [2.75, 3.05) is 32.8 Å². The van der Waals surface area contributed by atoms with E-state index in [2.05, 4.69) is 10.6 Å². The Hall–Kier alpha value is -2.16. The molecule has 3 aliphatic rings. The number of carbonyl (C=O) groups excluding carboxylic acids is 2. The molecule has 8 nitrogen and oxygen atoms in total. The zero-order chi connectivity index (χ0) is 19.5. The number of rotatable bonds is 0. The number of hydrogen-bond donors (Lipinski definition) is 3. The van der Waals surface area contributed by atoms with Crippen molar-refractivity contribution in [2.24, 2.45) is 0 Å². The Labute approximate surface area is 164 Å². The highest BCUT2D eigenvalue weighted by molar-refractivity contribution is 6.00. The smallest absolute Gasteiger partial charge is 0.258 e. The van der Waals surface area contributed by atoms with E-state index >= 15 is 0 Å². The van der Waals surface area contributed by atoms with E-state index in [4.69, 9.17) is 9.47 Å². The lowest BCUT2D eigenvalue weighted by molar-refractivity contribution is -0.134. The first-order chi connectivity index (χ1) is 13.6. The first-order valence-electron chi connectivity index (χ1n) is 9.98. The van der Waals surface area contributed by atoms with Crippen LogP contribution in [0, 0.1) is 0 Å². The van der Waals surface area contributed by atoms with Crippen LogP contribution in [0.3, 0.4) is 0 Å². The van der Waals surface area contributed by atoms with Crippen molar-refractivity contribution in [2.45, 2.75) is 43.6 Å². The van der Waals surface area contributed by atoms with Crippen LogP contribution in [0.15, 0.2) is 24.3 Å². The van der Waals surface area contributed by atoms with Crippen molar-refractivity contribution in [3.63, 3.8) is 0 Å². The van der Waals surface area contributed by atoms with Crippen molar-refractivity contribution >= 4 is 11.8 Å². The number of piperazine rings is 1. The van der Waals surface area contributed by atoms with Gasteiger partial charge in [-0.3, -0.25) is 9.59 Å². The molecule has 28 heavy (non-hydrogen) atoms. The quantitative estimate of drug-likeness (QED) is 0.573. The number of benzene rings is 1. The van der Waals surface area contributed by atoms with Crippen LogP contribution in [0.25, 0.3) is 0 Å². The second kappa shape index (κ2) is 8.46. The standard InChI is InChI=1S/C20H27N3O5/c24-16-6-5-13-7-10-27-17-4-2-1-3-14(17)20(26)23-9-8-21-11-15(23)19(25)22-12-18(16)28-13/h1-4,13,15-16,18,21,24H,5-12H2,(H,22,25)/t13-,15-,16-,18+/m0/s1. The van der Waals surface area contributed by atoms with Crippen LogP contribution in [0.2, 0.25) is 0 Å². The Bertz CT molecular complexity index is 728. The SMILES string of the molecule is O=C1NC[C@H]2O[C@H](CCOc3ccccc3C(=O)N3CCNC[C@@H]13)CC[C@@H]2O. The highest BCUT2D eigenvalue weighted by Crippen LogP contribution is 2.25. The molecule has 2 saturated heterocycles. The number of nitrogens with one attached hydrogen (secondary N) is 2. The molecule has 0 radical (unpaired) electrons. The number of amides is 2. The number of hydrogen-bond acceptors (Lipinski definition) is 6. The first-order valence-corrected chi connectivity index (χ1v) is 9.98. The van der Waals surface area contributed by atoms with Crippen LogP contribution in [0.4, 0.5) is 0 Å². The number of fused-ring (bicyclic) bond motifs is 4. The number of aliphatic hydroxyl groups excluding tert-OH is 1.